The third kappa shape index (κ3) is 1.89. The SMILES string of the molecule is Cc1nn(-c2ccccc2Cl)c(=O)c(C)c1C#N. The molecule has 5 heteroatoms. The first-order valence-corrected chi connectivity index (χ1v) is 5.69. The van der Waals surface area contributed by atoms with Crippen LogP contribution in [-0.4, -0.2) is 9.78 Å². The summed E-state index contributed by atoms with van der Waals surface area (Å²) in [6, 6.07) is 8.94. The Morgan fingerprint density at radius 2 is 2.00 bits per heavy atom. The molecule has 0 aliphatic carbocycles. The largest absolute Gasteiger partial charge is 0.275 e. The highest BCUT2D eigenvalue weighted by molar-refractivity contribution is 6.32. The van der Waals surface area contributed by atoms with Crippen LogP contribution in [0.3, 0.4) is 0 Å². The number of hydrogen-bond acceptors (Lipinski definition) is 3. The van der Waals surface area contributed by atoms with Crippen LogP contribution in [0.15, 0.2) is 29.1 Å². The summed E-state index contributed by atoms with van der Waals surface area (Å²) < 4.78 is 1.23. The summed E-state index contributed by atoms with van der Waals surface area (Å²) in [6.07, 6.45) is 0. The lowest BCUT2D eigenvalue weighted by molar-refractivity contribution is 0.772. The van der Waals surface area contributed by atoms with Crippen LogP contribution < -0.4 is 5.56 Å². The second-order valence-electron chi connectivity index (χ2n) is 3.87. The van der Waals surface area contributed by atoms with E-state index >= 15 is 0 Å². The Morgan fingerprint density at radius 1 is 1.33 bits per heavy atom. The maximum Gasteiger partial charge on any atom is 0.275 e. The van der Waals surface area contributed by atoms with E-state index in [1.54, 1.807) is 38.1 Å². The molecule has 0 saturated carbocycles. The van der Waals surface area contributed by atoms with Crippen molar-refractivity contribution in [3.63, 3.8) is 0 Å². The van der Waals surface area contributed by atoms with Gasteiger partial charge in [-0.05, 0) is 26.0 Å². The molecule has 0 aliphatic rings. The van der Waals surface area contributed by atoms with Crippen molar-refractivity contribution >= 4 is 11.6 Å². The lowest BCUT2D eigenvalue weighted by Crippen LogP contribution is -2.26. The highest BCUT2D eigenvalue weighted by Crippen LogP contribution is 2.18. The van der Waals surface area contributed by atoms with Crippen LogP contribution in [0.2, 0.25) is 5.02 Å². The van der Waals surface area contributed by atoms with E-state index in [0.29, 0.717) is 27.5 Å². The van der Waals surface area contributed by atoms with Crippen molar-refractivity contribution in [3.8, 4) is 11.8 Å². The van der Waals surface area contributed by atoms with E-state index in [-0.39, 0.29) is 5.56 Å². The molecule has 0 saturated heterocycles. The summed E-state index contributed by atoms with van der Waals surface area (Å²) in [4.78, 5) is 12.1. The molecule has 1 aromatic carbocycles. The van der Waals surface area contributed by atoms with E-state index in [1.165, 1.54) is 4.68 Å². The van der Waals surface area contributed by atoms with Gasteiger partial charge in [-0.25, -0.2) is 0 Å². The van der Waals surface area contributed by atoms with Gasteiger partial charge >= 0.3 is 0 Å². The minimum atomic E-state index is -0.328. The smallest absolute Gasteiger partial charge is 0.267 e. The number of rotatable bonds is 1. The van der Waals surface area contributed by atoms with Crippen molar-refractivity contribution < 1.29 is 0 Å². The quantitative estimate of drug-likeness (QED) is 0.790. The minimum Gasteiger partial charge on any atom is -0.267 e. The summed E-state index contributed by atoms with van der Waals surface area (Å²) in [6.45, 7) is 3.31. The van der Waals surface area contributed by atoms with Crippen LogP contribution in [0.4, 0.5) is 0 Å². The Kier molecular flexibility index (Phi) is 3.17. The summed E-state index contributed by atoms with van der Waals surface area (Å²) >= 11 is 6.04. The molecule has 1 heterocycles. The van der Waals surface area contributed by atoms with Crippen molar-refractivity contribution in [1.29, 1.82) is 5.26 Å². The number of hydrogen-bond donors (Lipinski definition) is 0. The van der Waals surface area contributed by atoms with Gasteiger partial charge in [-0.1, -0.05) is 23.7 Å². The van der Waals surface area contributed by atoms with Gasteiger partial charge in [0.15, 0.2) is 0 Å². The predicted molar refractivity (Wildman–Crippen MR) is 69.0 cm³/mol. The molecule has 90 valence electrons. The average Bonchev–Trinajstić information content (AvgIpc) is 2.35. The fourth-order valence-electron chi connectivity index (χ4n) is 1.73. The second-order valence-corrected chi connectivity index (χ2v) is 4.27. The first-order valence-electron chi connectivity index (χ1n) is 5.31. The first kappa shape index (κ1) is 12.3. The molecule has 2 rings (SSSR count). The van der Waals surface area contributed by atoms with Crippen LogP contribution in [0, 0.1) is 25.2 Å². The monoisotopic (exact) mass is 259 g/mol. The number of halogens is 1. The molecule has 0 amide bonds. The van der Waals surface area contributed by atoms with Crippen LogP contribution in [0.5, 0.6) is 0 Å². The predicted octanol–water partition coefficient (Wildman–Crippen LogP) is 2.37. The molecule has 0 radical (unpaired) electrons. The maximum atomic E-state index is 12.1. The summed E-state index contributed by atoms with van der Waals surface area (Å²) in [5, 5.41) is 13.5. The lowest BCUT2D eigenvalue weighted by Gasteiger charge is -2.09. The molecule has 0 fully saturated rings. The van der Waals surface area contributed by atoms with E-state index in [1.807, 2.05) is 6.07 Å². The Balaban J connectivity index is 2.80. The van der Waals surface area contributed by atoms with E-state index < -0.39 is 0 Å². The van der Waals surface area contributed by atoms with Gasteiger partial charge in [-0.3, -0.25) is 4.79 Å². The molecule has 0 bridgehead atoms. The molecule has 0 aliphatic heterocycles. The van der Waals surface area contributed by atoms with Crippen LogP contribution in [-0.2, 0) is 0 Å². The van der Waals surface area contributed by atoms with Gasteiger partial charge in [-0.2, -0.15) is 15.0 Å². The van der Waals surface area contributed by atoms with Gasteiger partial charge in [-0.15, -0.1) is 0 Å². The molecule has 1 aromatic heterocycles. The fourth-order valence-corrected chi connectivity index (χ4v) is 1.95. The van der Waals surface area contributed by atoms with Crippen molar-refractivity contribution in [2.45, 2.75) is 13.8 Å². The minimum absolute atomic E-state index is 0.323. The normalized spacial score (nSPS) is 10.1. The van der Waals surface area contributed by atoms with Gasteiger partial charge in [0.25, 0.3) is 5.56 Å². The van der Waals surface area contributed by atoms with E-state index in [9.17, 15) is 4.79 Å². The van der Waals surface area contributed by atoms with E-state index in [4.69, 9.17) is 16.9 Å². The zero-order valence-electron chi connectivity index (χ0n) is 9.94. The van der Waals surface area contributed by atoms with Crippen molar-refractivity contribution in [2.75, 3.05) is 0 Å². The molecule has 0 spiro atoms. The van der Waals surface area contributed by atoms with Gasteiger partial charge in [0.1, 0.15) is 6.07 Å². The maximum absolute atomic E-state index is 12.1. The highest BCUT2D eigenvalue weighted by Gasteiger charge is 2.13. The van der Waals surface area contributed by atoms with E-state index in [2.05, 4.69) is 5.10 Å². The fraction of sp³-hybridized carbons (Fsp3) is 0.154. The van der Waals surface area contributed by atoms with E-state index in [0.717, 1.165) is 0 Å². The molecule has 0 N–H and O–H groups in total. The molecule has 4 nitrogen and oxygen atoms in total. The number of aryl methyl sites for hydroxylation is 1. The third-order valence-electron chi connectivity index (χ3n) is 2.69. The van der Waals surface area contributed by atoms with Gasteiger partial charge in [0.05, 0.1) is 22.0 Å². The number of nitrogens with zero attached hydrogens (tertiary/aromatic N) is 3. The Labute approximate surface area is 109 Å². The van der Waals surface area contributed by atoms with Crippen LogP contribution in [0.25, 0.3) is 5.69 Å². The highest BCUT2D eigenvalue weighted by atomic mass is 35.5. The van der Waals surface area contributed by atoms with Gasteiger partial charge < -0.3 is 0 Å². The lowest BCUT2D eigenvalue weighted by atomic mass is 10.1. The van der Waals surface area contributed by atoms with Crippen LogP contribution in [0.1, 0.15) is 16.8 Å². The molecule has 18 heavy (non-hydrogen) atoms. The number of aromatic nitrogens is 2. The van der Waals surface area contributed by atoms with Crippen LogP contribution >= 0.6 is 11.6 Å². The van der Waals surface area contributed by atoms with Gasteiger partial charge in [0, 0.05) is 5.56 Å². The second kappa shape index (κ2) is 4.63. The molecular weight excluding hydrogens is 250 g/mol. The number of nitriles is 1. The first-order chi connectivity index (χ1) is 8.56. The third-order valence-corrected chi connectivity index (χ3v) is 3.01. The summed E-state index contributed by atoms with van der Waals surface area (Å²) in [5.74, 6) is 0. The van der Waals surface area contributed by atoms with Crippen molar-refractivity contribution in [2.24, 2.45) is 0 Å². The average molecular weight is 260 g/mol. The Hall–Kier alpha value is -2.12. The van der Waals surface area contributed by atoms with Gasteiger partial charge in [0.2, 0.25) is 0 Å². The zero-order chi connectivity index (χ0) is 13.3. The molecule has 0 unspecified atom stereocenters. The Morgan fingerprint density at radius 3 is 2.61 bits per heavy atom. The summed E-state index contributed by atoms with van der Waals surface area (Å²) in [7, 11) is 0. The standard InChI is InChI=1S/C13H10ClN3O/c1-8-10(7-15)9(2)16-17(13(8)18)12-6-4-3-5-11(12)14/h3-6H,1-2H3. The summed E-state index contributed by atoms with van der Waals surface area (Å²) in [5.41, 5.74) is 1.40. The number of para-hydroxylation sites is 1. The molecular formula is C13H10ClN3O. The number of benzene rings is 1. The van der Waals surface area contributed by atoms with Crippen molar-refractivity contribution in [3.05, 3.63) is 56.5 Å². The Bertz CT molecular complexity index is 713. The molecule has 0 atom stereocenters. The van der Waals surface area contributed by atoms with Crippen molar-refractivity contribution in [1.82, 2.24) is 9.78 Å². The topological polar surface area (TPSA) is 58.7 Å². The zero-order valence-corrected chi connectivity index (χ0v) is 10.7. The molecule has 2 aromatic rings.